The molecule has 2 aliphatic heterocycles. The van der Waals surface area contributed by atoms with Crippen molar-refractivity contribution in [1.29, 1.82) is 0 Å². The van der Waals surface area contributed by atoms with E-state index in [-0.39, 0.29) is 0 Å². The maximum Gasteiger partial charge on any atom is 0.156 e. The fourth-order valence-electron chi connectivity index (χ4n) is 1.79. The molecule has 1 saturated heterocycles. The molecule has 14 heavy (non-hydrogen) atoms. The summed E-state index contributed by atoms with van der Waals surface area (Å²) in [6.07, 6.45) is 4.08. The van der Waals surface area contributed by atoms with Crippen LogP contribution in [-0.4, -0.2) is 36.2 Å². The quantitative estimate of drug-likeness (QED) is 0.775. The molecule has 0 aromatic rings. The van der Waals surface area contributed by atoms with Crippen LogP contribution in [0.15, 0.2) is 4.99 Å². The topological polar surface area (TPSA) is 33.6 Å². The second-order valence-electron chi connectivity index (χ2n) is 3.92. The van der Waals surface area contributed by atoms with Gasteiger partial charge in [0.25, 0.3) is 0 Å². The zero-order chi connectivity index (χ0) is 9.80. The van der Waals surface area contributed by atoms with Crippen LogP contribution in [0.5, 0.6) is 0 Å². The third-order valence-electron chi connectivity index (χ3n) is 2.57. The number of aliphatic imine (C=N–C) groups is 1. The maximum atomic E-state index is 5.55. The summed E-state index contributed by atoms with van der Waals surface area (Å²) in [5.74, 6) is 0. The maximum absolute atomic E-state index is 5.55. The van der Waals surface area contributed by atoms with Crippen molar-refractivity contribution in [3.8, 4) is 0 Å². The van der Waals surface area contributed by atoms with Crippen molar-refractivity contribution in [3.05, 3.63) is 0 Å². The van der Waals surface area contributed by atoms with Crippen LogP contribution in [0.4, 0.5) is 0 Å². The summed E-state index contributed by atoms with van der Waals surface area (Å²) in [4.78, 5) is 4.41. The Bertz CT molecular complexity index is 214. The van der Waals surface area contributed by atoms with Gasteiger partial charge in [-0.25, -0.2) is 0 Å². The second kappa shape index (κ2) is 5.03. The molecule has 2 aliphatic rings. The molecular formula is C10H18N2OS. The number of hydrogen-bond acceptors (Lipinski definition) is 4. The lowest BCUT2D eigenvalue weighted by Crippen LogP contribution is -2.24. The Kier molecular flexibility index (Phi) is 3.70. The molecule has 4 heteroatoms. The molecule has 0 aromatic carbocycles. The highest BCUT2D eigenvalue weighted by Gasteiger charge is 2.17. The van der Waals surface area contributed by atoms with Crippen molar-refractivity contribution in [3.63, 3.8) is 0 Å². The van der Waals surface area contributed by atoms with Crippen molar-refractivity contribution in [1.82, 2.24) is 5.32 Å². The van der Waals surface area contributed by atoms with Crippen molar-refractivity contribution in [2.75, 3.05) is 19.7 Å². The standard InChI is InChI=1S/C10H18N2OS/c1-8-7-12-10(14-8)11-5-4-9-3-2-6-13-9/h8-9H,2-7H2,1H3,(H,11,12). The summed E-state index contributed by atoms with van der Waals surface area (Å²) in [6.45, 7) is 5.14. The predicted octanol–water partition coefficient (Wildman–Crippen LogP) is 1.64. The lowest BCUT2D eigenvalue weighted by Gasteiger charge is -2.10. The zero-order valence-electron chi connectivity index (χ0n) is 8.66. The Morgan fingerprint density at radius 3 is 3.21 bits per heavy atom. The molecule has 80 valence electrons. The van der Waals surface area contributed by atoms with Crippen molar-refractivity contribution in [2.24, 2.45) is 4.99 Å². The number of amidine groups is 1. The molecule has 0 bridgehead atoms. The molecule has 2 atom stereocenters. The van der Waals surface area contributed by atoms with Gasteiger partial charge < -0.3 is 10.1 Å². The first-order valence-corrected chi connectivity index (χ1v) is 6.29. The first-order chi connectivity index (χ1) is 6.84. The molecule has 3 nitrogen and oxygen atoms in total. The molecule has 0 radical (unpaired) electrons. The molecule has 1 fully saturated rings. The van der Waals surface area contributed by atoms with Gasteiger partial charge in [0.1, 0.15) is 0 Å². The summed E-state index contributed by atoms with van der Waals surface area (Å²) in [6, 6.07) is 0. The lowest BCUT2D eigenvalue weighted by atomic mass is 10.2. The molecule has 2 heterocycles. The van der Waals surface area contributed by atoms with Gasteiger partial charge in [-0.05, 0) is 19.3 Å². The molecule has 0 aromatic heterocycles. The Labute approximate surface area is 89.7 Å². The van der Waals surface area contributed by atoms with Crippen molar-refractivity contribution in [2.45, 2.75) is 37.5 Å². The highest BCUT2D eigenvalue weighted by molar-refractivity contribution is 8.14. The van der Waals surface area contributed by atoms with E-state index in [1.54, 1.807) is 0 Å². The van der Waals surface area contributed by atoms with E-state index in [4.69, 9.17) is 4.74 Å². The fraction of sp³-hybridized carbons (Fsp3) is 0.900. The molecule has 2 unspecified atom stereocenters. The second-order valence-corrected chi connectivity index (χ2v) is 5.35. The van der Waals surface area contributed by atoms with Gasteiger partial charge in [-0.1, -0.05) is 18.7 Å². The molecule has 0 saturated carbocycles. The van der Waals surface area contributed by atoms with Crippen LogP contribution in [0.2, 0.25) is 0 Å². The van der Waals surface area contributed by atoms with Gasteiger partial charge in [0.15, 0.2) is 5.17 Å². The van der Waals surface area contributed by atoms with Crippen LogP contribution in [0.25, 0.3) is 0 Å². The number of nitrogens with zero attached hydrogens (tertiary/aromatic N) is 1. The zero-order valence-corrected chi connectivity index (χ0v) is 9.48. The van der Waals surface area contributed by atoms with Gasteiger partial charge in [0.05, 0.1) is 12.6 Å². The Morgan fingerprint density at radius 2 is 2.57 bits per heavy atom. The van der Waals surface area contributed by atoms with Crippen molar-refractivity contribution < 1.29 is 4.74 Å². The van der Waals surface area contributed by atoms with E-state index in [1.165, 1.54) is 12.8 Å². The van der Waals surface area contributed by atoms with Gasteiger partial charge >= 0.3 is 0 Å². The molecule has 1 N–H and O–H groups in total. The number of nitrogens with one attached hydrogen (secondary N) is 1. The summed E-state index contributed by atoms with van der Waals surface area (Å²) in [7, 11) is 0. The van der Waals surface area contributed by atoms with Gasteiger partial charge in [0, 0.05) is 18.4 Å². The van der Waals surface area contributed by atoms with E-state index < -0.39 is 0 Å². The first-order valence-electron chi connectivity index (χ1n) is 5.41. The predicted molar refractivity (Wildman–Crippen MR) is 60.9 cm³/mol. The monoisotopic (exact) mass is 214 g/mol. The Balaban J connectivity index is 1.58. The molecule has 0 aliphatic carbocycles. The van der Waals surface area contributed by atoms with Crippen LogP contribution in [0.1, 0.15) is 26.2 Å². The first kappa shape index (κ1) is 10.3. The van der Waals surface area contributed by atoms with Gasteiger partial charge in [0.2, 0.25) is 0 Å². The molecule has 0 spiro atoms. The van der Waals surface area contributed by atoms with E-state index in [2.05, 4.69) is 17.2 Å². The normalized spacial score (nSPS) is 31.9. The van der Waals surface area contributed by atoms with Gasteiger partial charge in [-0.2, -0.15) is 0 Å². The Morgan fingerprint density at radius 1 is 1.64 bits per heavy atom. The summed E-state index contributed by atoms with van der Waals surface area (Å²) >= 11 is 1.85. The van der Waals surface area contributed by atoms with E-state index >= 15 is 0 Å². The van der Waals surface area contributed by atoms with Crippen LogP contribution < -0.4 is 5.32 Å². The van der Waals surface area contributed by atoms with Gasteiger partial charge in [-0.15, -0.1) is 0 Å². The van der Waals surface area contributed by atoms with E-state index in [0.29, 0.717) is 11.4 Å². The number of rotatable bonds is 3. The minimum atomic E-state index is 0.493. The van der Waals surface area contributed by atoms with E-state index in [9.17, 15) is 0 Å². The van der Waals surface area contributed by atoms with Crippen LogP contribution >= 0.6 is 11.8 Å². The Hall–Kier alpha value is -0.220. The number of ether oxygens (including phenoxy) is 1. The molecular weight excluding hydrogens is 196 g/mol. The van der Waals surface area contributed by atoms with Crippen LogP contribution in [-0.2, 0) is 4.74 Å². The van der Waals surface area contributed by atoms with Crippen LogP contribution in [0.3, 0.4) is 0 Å². The highest BCUT2D eigenvalue weighted by atomic mass is 32.2. The minimum absolute atomic E-state index is 0.493. The molecule has 2 rings (SSSR count). The SMILES string of the molecule is CC1CN=C(NCCC2CCCO2)S1. The summed E-state index contributed by atoms with van der Waals surface area (Å²) in [5.41, 5.74) is 0. The van der Waals surface area contributed by atoms with Crippen molar-refractivity contribution >= 4 is 16.9 Å². The average Bonchev–Trinajstić information content (AvgIpc) is 2.77. The lowest BCUT2D eigenvalue weighted by molar-refractivity contribution is 0.105. The fourth-order valence-corrected chi connectivity index (χ4v) is 2.65. The highest BCUT2D eigenvalue weighted by Crippen LogP contribution is 2.19. The third kappa shape index (κ3) is 2.89. The number of hydrogen-bond donors (Lipinski definition) is 1. The smallest absolute Gasteiger partial charge is 0.156 e. The molecule has 0 amide bonds. The van der Waals surface area contributed by atoms with Gasteiger partial charge in [-0.3, -0.25) is 4.99 Å². The van der Waals surface area contributed by atoms with E-state index in [1.807, 2.05) is 11.8 Å². The average molecular weight is 214 g/mol. The summed E-state index contributed by atoms with van der Waals surface area (Å²) < 4.78 is 5.55. The summed E-state index contributed by atoms with van der Waals surface area (Å²) in [5, 5.41) is 5.15. The number of thioether (sulfide) groups is 1. The third-order valence-corrected chi connectivity index (χ3v) is 3.62. The van der Waals surface area contributed by atoms with E-state index in [0.717, 1.165) is 31.3 Å². The minimum Gasteiger partial charge on any atom is -0.378 e. The largest absolute Gasteiger partial charge is 0.378 e. The van der Waals surface area contributed by atoms with Crippen LogP contribution in [0, 0.1) is 0 Å².